The van der Waals surface area contributed by atoms with Gasteiger partial charge < -0.3 is 4.57 Å². The van der Waals surface area contributed by atoms with E-state index in [1.807, 2.05) is 0 Å². The van der Waals surface area contributed by atoms with Crippen molar-refractivity contribution in [2.75, 3.05) is 0 Å². The number of allylic oxidation sites excluding steroid dienone is 4. The largest absolute Gasteiger partial charge is 0.309 e. The Hall–Kier alpha value is -5.40. The van der Waals surface area contributed by atoms with E-state index in [0.29, 0.717) is 0 Å². The summed E-state index contributed by atoms with van der Waals surface area (Å²) in [5.41, 5.74) is 20.1. The van der Waals surface area contributed by atoms with E-state index in [9.17, 15) is 0 Å². The summed E-state index contributed by atoms with van der Waals surface area (Å²) >= 11 is 0. The molecule has 1 heteroatoms. The molecule has 7 aromatic rings. The van der Waals surface area contributed by atoms with Crippen molar-refractivity contribution < 1.29 is 0 Å². The second-order valence-electron chi connectivity index (χ2n) is 15.3. The first kappa shape index (κ1) is 28.6. The highest BCUT2D eigenvalue weighted by Crippen LogP contribution is 2.59. The van der Waals surface area contributed by atoms with Gasteiger partial charge in [0.25, 0.3) is 0 Å². The summed E-state index contributed by atoms with van der Waals surface area (Å²) in [5.74, 6) is 0. The molecule has 1 aromatic heterocycles. The summed E-state index contributed by atoms with van der Waals surface area (Å²) in [6.07, 6.45) is 8.96. The lowest BCUT2D eigenvalue weighted by atomic mass is 9.77. The van der Waals surface area contributed by atoms with Crippen LogP contribution in [0.5, 0.6) is 0 Å². The lowest BCUT2D eigenvalue weighted by Crippen LogP contribution is -2.18. The van der Waals surface area contributed by atoms with Crippen molar-refractivity contribution in [2.45, 2.75) is 51.4 Å². The standard InChI is InChI=1S/C48H39N/c1-47(2)41-24-21-33(32-16-12-15-31(27-32)30-13-6-5-7-14-30)28-39(41)45-42(47)26-23-37-38-29-34(22-25-40(38)48(3,4)46(37)45)49-43-19-10-8-17-35(43)36-18-9-11-20-44(36)49/h5-6,8-13,15-29H,7,14H2,1-4H3. The van der Waals surface area contributed by atoms with Crippen molar-refractivity contribution in [1.29, 1.82) is 0 Å². The van der Waals surface area contributed by atoms with Gasteiger partial charge in [0.05, 0.1) is 11.0 Å². The van der Waals surface area contributed by atoms with Crippen molar-refractivity contribution in [3.63, 3.8) is 0 Å². The molecule has 1 heterocycles. The minimum Gasteiger partial charge on any atom is -0.309 e. The minimum absolute atomic E-state index is 0.0711. The zero-order chi connectivity index (χ0) is 33.1. The van der Waals surface area contributed by atoms with E-state index in [1.54, 1.807) is 0 Å². The lowest BCUT2D eigenvalue weighted by Gasteiger charge is -2.26. The molecule has 0 spiro atoms. The fourth-order valence-corrected chi connectivity index (χ4v) is 9.41. The summed E-state index contributed by atoms with van der Waals surface area (Å²) in [6.45, 7) is 9.68. The summed E-state index contributed by atoms with van der Waals surface area (Å²) in [6, 6.07) is 46.0. The van der Waals surface area contributed by atoms with Gasteiger partial charge in [-0.05, 0) is 116 Å². The van der Waals surface area contributed by atoms with E-state index in [4.69, 9.17) is 0 Å². The van der Waals surface area contributed by atoms with Crippen LogP contribution in [0, 0.1) is 0 Å². The van der Waals surface area contributed by atoms with Crippen LogP contribution < -0.4 is 0 Å². The number of rotatable bonds is 3. The van der Waals surface area contributed by atoms with Crippen LogP contribution >= 0.6 is 0 Å². The van der Waals surface area contributed by atoms with Gasteiger partial charge >= 0.3 is 0 Å². The predicted molar refractivity (Wildman–Crippen MR) is 208 cm³/mol. The third-order valence-corrected chi connectivity index (χ3v) is 11.9. The Bertz CT molecular complexity index is 2550. The van der Waals surface area contributed by atoms with Crippen molar-refractivity contribution in [2.24, 2.45) is 0 Å². The van der Waals surface area contributed by atoms with Gasteiger partial charge in [0.15, 0.2) is 0 Å². The molecule has 0 bridgehead atoms. The molecule has 0 fully saturated rings. The van der Waals surface area contributed by atoms with E-state index in [1.165, 1.54) is 94.3 Å². The van der Waals surface area contributed by atoms with Gasteiger partial charge in [0, 0.05) is 27.3 Å². The Morgan fingerprint density at radius 1 is 0.531 bits per heavy atom. The second kappa shape index (κ2) is 10.1. The minimum atomic E-state index is -0.135. The molecule has 0 unspecified atom stereocenters. The Morgan fingerprint density at radius 2 is 1.20 bits per heavy atom. The number of benzene rings is 6. The van der Waals surface area contributed by atoms with E-state index in [-0.39, 0.29) is 10.8 Å². The Balaban J connectivity index is 1.16. The lowest BCUT2D eigenvalue weighted by molar-refractivity contribution is 0.647. The first-order chi connectivity index (χ1) is 23.8. The molecule has 10 rings (SSSR count). The summed E-state index contributed by atoms with van der Waals surface area (Å²) in [4.78, 5) is 0. The van der Waals surface area contributed by atoms with Crippen molar-refractivity contribution in [1.82, 2.24) is 4.57 Å². The van der Waals surface area contributed by atoms with Gasteiger partial charge in [-0.25, -0.2) is 0 Å². The topological polar surface area (TPSA) is 4.93 Å². The molecule has 0 atom stereocenters. The van der Waals surface area contributed by atoms with Gasteiger partial charge in [-0.15, -0.1) is 0 Å². The van der Waals surface area contributed by atoms with Crippen LogP contribution in [-0.4, -0.2) is 4.57 Å². The van der Waals surface area contributed by atoms with Crippen LogP contribution in [0.1, 0.15) is 68.4 Å². The average molecular weight is 630 g/mol. The maximum atomic E-state index is 2.49. The van der Waals surface area contributed by atoms with E-state index in [0.717, 1.165) is 12.8 Å². The van der Waals surface area contributed by atoms with Crippen molar-refractivity contribution >= 4 is 27.4 Å². The van der Waals surface area contributed by atoms with Gasteiger partial charge in [-0.1, -0.05) is 131 Å². The molecule has 3 aliphatic rings. The van der Waals surface area contributed by atoms with Gasteiger partial charge in [-0.3, -0.25) is 0 Å². The highest BCUT2D eigenvalue weighted by atomic mass is 15.0. The monoisotopic (exact) mass is 629 g/mol. The Morgan fingerprint density at radius 3 is 1.96 bits per heavy atom. The molecule has 1 nitrogen and oxygen atoms in total. The third-order valence-electron chi connectivity index (χ3n) is 11.9. The van der Waals surface area contributed by atoms with Crippen molar-refractivity contribution in [3.8, 4) is 39.1 Å². The van der Waals surface area contributed by atoms with Gasteiger partial charge in [0.2, 0.25) is 0 Å². The van der Waals surface area contributed by atoms with Crippen molar-refractivity contribution in [3.05, 3.63) is 167 Å². The summed E-state index contributed by atoms with van der Waals surface area (Å²) in [7, 11) is 0. The van der Waals surface area contributed by atoms with E-state index < -0.39 is 0 Å². The molecule has 236 valence electrons. The summed E-state index contributed by atoms with van der Waals surface area (Å²) < 4.78 is 2.45. The van der Waals surface area contributed by atoms with Gasteiger partial charge in [-0.2, -0.15) is 0 Å². The summed E-state index contributed by atoms with van der Waals surface area (Å²) in [5, 5.41) is 2.59. The van der Waals surface area contributed by atoms with Crippen LogP contribution in [0.25, 0.3) is 66.4 Å². The normalized spacial score (nSPS) is 16.4. The molecule has 0 saturated heterocycles. The highest BCUT2D eigenvalue weighted by molar-refractivity contribution is 6.09. The molecule has 3 aliphatic carbocycles. The molecule has 0 aliphatic heterocycles. The number of nitrogens with zero attached hydrogens (tertiary/aromatic N) is 1. The molecular weight excluding hydrogens is 591 g/mol. The number of para-hydroxylation sites is 2. The Labute approximate surface area is 288 Å². The Kier molecular flexibility index (Phi) is 5.87. The smallest absolute Gasteiger partial charge is 0.0541 e. The molecular formula is C48H39N. The van der Waals surface area contributed by atoms with Crippen LogP contribution in [0.4, 0.5) is 0 Å². The first-order valence-electron chi connectivity index (χ1n) is 17.8. The first-order valence-corrected chi connectivity index (χ1v) is 17.8. The zero-order valence-electron chi connectivity index (χ0n) is 28.6. The SMILES string of the molecule is CC1(C)c2ccc(-c3cccc(C4=CC=CCC4)c3)cc2-c2c1ccc1c2C(C)(C)c2ccc(-n3c4ccccc4c4ccccc43)cc2-1. The van der Waals surface area contributed by atoms with Crippen LogP contribution in [0.3, 0.4) is 0 Å². The highest BCUT2D eigenvalue weighted by Gasteiger charge is 2.44. The molecule has 0 radical (unpaired) electrons. The maximum Gasteiger partial charge on any atom is 0.0541 e. The van der Waals surface area contributed by atoms with Crippen LogP contribution in [0.15, 0.2) is 140 Å². The fraction of sp³-hybridized carbons (Fsp3) is 0.167. The maximum absolute atomic E-state index is 2.49. The molecule has 0 N–H and O–H groups in total. The fourth-order valence-electron chi connectivity index (χ4n) is 9.41. The third kappa shape index (κ3) is 3.93. The average Bonchev–Trinajstić information content (AvgIpc) is 3.68. The number of hydrogen-bond donors (Lipinski definition) is 0. The predicted octanol–water partition coefficient (Wildman–Crippen LogP) is 12.8. The quantitative estimate of drug-likeness (QED) is 0.183. The second-order valence-corrected chi connectivity index (χ2v) is 15.3. The number of hydrogen-bond acceptors (Lipinski definition) is 0. The number of fused-ring (bicyclic) bond motifs is 10. The molecule has 0 saturated carbocycles. The molecule has 0 amide bonds. The van der Waals surface area contributed by atoms with E-state index >= 15 is 0 Å². The number of aromatic nitrogens is 1. The van der Waals surface area contributed by atoms with Crippen LogP contribution in [0.2, 0.25) is 0 Å². The molecule has 49 heavy (non-hydrogen) atoms. The zero-order valence-corrected chi connectivity index (χ0v) is 28.6. The molecule has 6 aromatic carbocycles. The van der Waals surface area contributed by atoms with Gasteiger partial charge in [0.1, 0.15) is 0 Å². The van der Waals surface area contributed by atoms with Crippen LogP contribution in [-0.2, 0) is 10.8 Å². The van der Waals surface area contributed by atoms with E-state index in [2.05, 4.69) is 172 Å².